The highest BCUT2D eigenvalue weighted by molar-refractivity contribution is 5.98. The number of carbonyl (C=O) groups excluding carboxylic acids is 2. The molecule has 2 heterocycles. The van der Waals surface area contributed by atoms with Crippen LogP contribution in [0.15, 0.2) is 24.3 Å². The lowest BCUT2D eigenvalue weighted by atomic mass is 9.98. The number of hydrogen-bond acceptors (Lipinski definition) is 6. The summed E-state index contributed by atoms with van der Waals surface area (Å²) in [6.45, 7) is 8.16. The minimum atomic E-state index is -0.636. The molecule has 8 nitrogen and oxygen atoms in total. The van der Waals surface area contributed by atoms with Crippen LogP contribution in [0.25, 0.3) is 0 Å². The highest BCUT2D eigenvalue weighted by atomic mass is 19.1. The van der Waals surface area contributed by atoms with Crippen LogP contribution in [0.4, 0.5) is 20.2 Å². The number of amides is 2. The van der Waals surface area contributed by atoms with Crippen molar-refractivity contribution < 1.29 is 27.8 Å². The number of anilines is 2. The van der Waals surface area contributed by atoms with Gasteiger partial charge in [0, 0.05) is 71.2 Å². The van der Waals surface area contributed by atoms with E-state index >= 15 is 0 Å². The van der Waals surface area contributed by atoms with Crippen LogP contribution in [0.2, 0.25) is 0 Å². The predicted octanol–water partition coefficient (Wildman–Crippen LogP) is 3.68. The van der Waals surface area contributed by atoms with Crippen LogP contribution in [0.1, 0.15) is 37.4 Å². The quantitative estimate of drug-likeness (QED) is 0.570. The topological polar surface area (TPSA) is 65.6 Å². The lowest BCUT2D eigenvalue weighted by Crippen LogP contribution is -2.37. The number of hydrogen-bond donors (Lipinski definition) is 0. The molecule has 0 N–H and O–H groups in total. The molecule has 0 spiro atoms. The van der Waals surface area contributed by atoms with Gasteiger partial charge in [-0.3, -0.25) is 9.59 Å². The van der Waals surface area contributed by atoms with Gasteiger partial charge in [-0.2, -0.15) is 0 Å². The smallest absolute Gasteiger partial charge is 0.254 e. The molecule has 0 aliphatic carbocycles. The maximum atomic E-state index is 14.1. The molecular weight excluding hydrogens is 506 g/mol. The standard InChI is InChI=1S/C15H21FN2O2.C14H19FN2O2/c1-11-4-5-13(18-6-8-20-9-7-18)12(10-16)14(11)15(19)17(2)3;1-10-8-12(15)13(17-4-6-19-7-5-17)9-11(10)14(18)16(2)3/h4-5H,6-10H2,1-3H3;8-9H,4-7H2,1-3H3. The average Bonchev–Trinajstić information content (AvgIpc) is 2.93. The first-order valence-electron chi connectivity index (χ1n) is 13.1. The van der Waals surface area contributed by atoms with Crippen molar-refractivity contribution in [2.45, 2.75) is 20.5 Å². The summed E-state index contributed by atoms with van der Waals surface area (Å²) < 4.78 is 38.2. The Morgan fingerprint density at radius 3 is 1.79 bits per heavy atom. The molecule has 0 atom stereocenters. The summed E-state index contributed by atoms with van der Waals surface area (Å²) in [5.74, 6) is -0.535. The van der Waals surface area contributed by atoms with E-state index in [4.69, 9.17) is 9.47 Å². The monoisotopic (exact) mass is 546 g/mol. The summed E-state index contributed by atoms with van der Waals surface area (Å²) in [6, 6.07) is 6.88. The van der Waals surface area contributed by atoms with Crippen LogP contribution in [0, 0.1) is 19.7 Å². The van der Waals surface area contributed by atoms with E-state index in [0.29, 0.717) is 67.5 Å². The van der Waals surface area contributed by atoms with E-state index in [0.717, 1.165) is 24.3 Å². The van der Waals surface area contributed by atoms with Crippen LogP contribution in [-0.2, 0) is 16.1 Å². The Hall–Kier alpha value is -3.24. The summed E-state index contributed by atoms with van der Waals surface area (Å²) in [4.78, 5) is 31.4. The number of halogens is 2. The number of nitrogens with zero attached hydrogens (tertiary/aromatic N) is 4. The fourth-order valence-corrected chi connectivity index (χ4v) is 4.69. The van der Waals surface area contributed by atoms with Crippen LogP contribution in [0.3, 0.4) is 0 Å². The van der Waals surface area contributed by atoms with Gasteiger partial charge in [0.25, 0.3) is 11.8 Å². The predicted molar refractivity (Wildman–Crippen MR) is 149 cm³/mol. The normalized spacial score (nSPS) is 15.4. The molecule has 0 aromatic heterocycles. The fourth-order valence-electron chi connectivity index (χ4n) is 4.69. The third-order valence-electron chi connectivity index (χ3n) is 6.88. The van der Waals surface area contributed by atoms with E-state index in [1.54, 1.807) is 41.2 Å². The van der Waals surface area contributed by atoms with Crippen molar-refractivity contribution in [3.05, 3.63) is 57.9 Å². The Morgan fingerprint density at radius 1 is 0.795 bits per heavy atom. The molecule has 0 unspecified atom stereocenters. The highest BCUT2D eigenvalue weighted by Crippen LogP contribution is 2.29. The summed E-state index contributed by atoms with van der Waals surface area (Å²) in [6.07, 6.45) is 0. The Balaban J connectivity index is 0.000000216. The van der Waals surface area contributed by atoms with E-state index in [1.807, 2.05) is 24.0 Å². The van der Waals surface area contributed by atoms with Crippen LogP contribution < -0.4 is 9.80 Å². The molecule has 2 aromatic rings. The van der Waals surface area contributed by atoms with E-state index in [9.17, 15) is 18.4 Å². The Bertz CT molecular complexity index is 1160. The average molecular weight is 547 g/mol. The molecular formula is C29H40F2N4O4. The molecule has 0 saturated carbocycles. The Kier molecular flexibility index (Phi) is 10.7. The van der Waals surface area contributed by atoms with Crippen molar-refractivity contribution in [2.24, 2.45) is 0 Å². The van der Waals surface area contributed by atoms with Gasteiger partial charge in [-0.05, 0) is 43.2 Å². The van der Waals surface area contributed by atoms with Crippen molar-refractivity contribution in [2.75, 3.05) is 90.6 Å². The molecule has 2 saturated heterocycles. The number of ether oxygens (including phenoxy) is 2. The van der Waals surface area contributed by atoms with Crippen molar-refractivity contribution in [3.63, 3.8) is 0 Å². The Labute approximate surface area is 230 Å². The summed E-state index contributed by atoms with van der Waals surface area (Å²) in [5.41, 5.74) is 4.30. The number of aryl methyl sites for hydroxylation is 2. The lowest BCUT2D eigenvalue weighted by Gasteiger charge is -2.31. The molecule has 2 amide bonds. The molecule has 0 radical (unpaired) electrons. The summed E-state index contributed by atoms with van der Waals surface area (Å²) in [5, 5.41) is 0. The van der Waals surface area contributed by atoms with Crippen molar-refractivity contribution in [1.82, 2.24) is 9.80 Å². The molecule has 4 rings (SSSR count). The zero-order valence-corrected chi connectivity index (χ0v) is 23.9. The molecule has 2 aromatic carbocycles. The second-order valence-electron chi connectivity index (χ2n) is 10.1. The van der Waals surface area contributed by atoms with Crippen LogP contribution >= 0.6 is 0 Å². The van der Waals surface area contributed by atoms with Crippen molar-refractivity contribution >= 4 is 23.2 Å². The zero-order chi connectivity index (χ0) is 28.7. The van der Waals surface area contributed by atoms with E-state index in [-0.39, 0.29) is 17.6 Å². The first kappa shape index (κ1) is 30.3. The fraction of sp³-hybridized carbons (Fsp3) is 0.517. The van der Waals surface area contributed by atoms with E-state index in [1.165, 1.54) is 15.9 Å². The van der Waals surface area contributed by atoms with Gasteiger partial charge in [-0.15, -0.1) is 0 Å². The third-order valence-corrected chi connectivity index (χ3v) is 6.88. The molecule has 2 aliphatic heterocycles. The zero-order valence-electron chi connectivity index (χ0n) is 23.9. The maximum absolute atomic E-state index is 14.1. The second kappa shape index (κ2) is 13.7. The SMILES string of the molecule is Cc1cc(F)c(N2CCOCC2)cc1C(=O)N(C)C.Cc1ccc(N2CCOCC2)c(CF)c1C(=O)N(C)C. The van der Waals surface area contributed by atoms with Crippen molar-refractivity contribution in [3.8, 4) is 0 Å². The second-order valence-corrected chi connectivity index (χ2v) is 10.1. The number of morpholine rings is 2. The first-order valence-corrected chi connectivity index (χ1v) is 13.1. The van der Waals surface area contributed by atoms with Crippen molar-refractivity contribution in [1.29, 1.82) is 0 Å². The van der Waals surface area contributed by atoms with E-state index < -0.39 is 6.67 Å². The highest BCUT2D eigenvalue weighted by Gasteiger charge is 2.23. The van der Waals surface area contributed by atoms with Gasteiger partial charge in [-0.1, -0.05) is 6.07 Å². The largest absolute Gasteiger partial charge is 0.378 e. The van der Waals surface area contributed by atoms with Crippen LogP contribution in [0.5, 0.6) is 0 Å². The molecule has 2 aliphatic rings. The summed E-state index contributed by atoms with van der Waals surface area (Å²) >= 11 is 0. The maximum Gasteiger partial charge on any atom is 0.254 e. The number of rotatable bonds is 5. The van der Waals surface area contributed by atoms with Gasteiger partial charge in [-0.25, -0.2) is 8.78 Å². The van der Waals surface area contributed by atoms with Gasteiger partial charge in [0.15, 0.2) is 0 Å². The summed E-state index contributed by atoms with van der Waals surface area (Å²) in [7, 11) is 6.76. The molecule has 0 bridgehead atoms. The molecule has 39 heavy (non-hydrogen) atoms. The Morgan fingerprint density at radius 2 is 1.31 bits per heavy atom. The number of carbonyl (C=O) groups is 2. The lowest BCUT2D eigenvalue weighted by molar-refractivity contribution is 0.0818. The van der Waals surface area contributed by atoms with Gasteiger partial charge >= 0.3 is 0 Å². The third kappa shape index (κ3) is 7.24. The minimum Gasteiger partial charge on any atom is -0.378 e. The van der Waals surface area contributed by atoms with Gasteiger partial charge in [0.2, 0.25) is 0 Å². The number of alkyl halides is 1. The molecule has 2 fully saturated rings. The van der Waals surface area contributed by atoms with E-state index in [2.05, 4.69) is 4.90 Å². The molecule has 10 heteroatoms. The molecule has 214 valence electrons. The first-order chi connectivity index (χ1) is 18.6. The van der Waals surface area contributed by atoms with Gasteiger partial charge in [0.05, 0.1) is 37.7 Å². The van der Waals surface area contributed by atoms with Crippen LogP contribution in [-0.4, -0.2) is 102 Å². The van der Waals surface area contributed by atoms with Gasteiger partial charge < -0.3 is 29.1 Å². The minimum absolute atomic E-state index is 0.105. The van der Waals surface area contributed by atoms with Gasteiger partial charge in [0.1, 0.15) is 12.5 Å². The number of benzene rings is 2.